The van der Waals surface area contributed by atoms with E-state index in [2.05, 4.69) is 5.16 Å². The predicted molar refractivity (Wildman–Crippen MR) is 70.5 cm³/mol. The molecule has 1 aliphatic carbocycles. The fraction of sp³-hybridized carbons (Fsp3) is 0.714. The Morgan fingerprint density at radius 3 is 3.10 bits per heavy atom. The van der Waals surface area contributed by atoms with E-state index in [9.17, 15) is 4.79 Å². The predicted octanol–water partition coefficient (Wildman–Crippen LogP) is 1.39. The van der Waals surface area contributed by atoms with Crippen LogP contribution < -0.4 is 0 Å². The average Bonchev–Trinajstić information content (AvgIpc) is 3.05. The number of hydrogen-bond donors (Lipinski definition) is 0. The van der Waals surface area contributed by atoms with Crippen LogP contribution in [0.3, 0.4) is 0 Å². The molecule has 0 radical (unpaired) electrons. The van der Waals surface area contributed by atoms with Gasteiger partial charge in [0.05, 0.1) is 24.9 Å². The highest BCUT2D eigenvalue weighted by atomic mass is 16.5. The maximum Gasteiger partial charge on any atom is 0.259 e. The summed E-state index contributed by atoms with van der Waals surface area (Å²) in [5.74, 6) is 0.552. The van der Waals surface area contributed by atoms with Crippen LogP contribution in [-0.4, -0.2) is 54.0 Å². The van der Waals surface area contributed by atoms with E-state index in [1.54, 1.807) is 6.92 Å². The first-order valence-corrected chi connectivity index (χ1v) is 7.17. The van der Waals surface area contributed by atoms with Crippen LogP contribution in [0.25, 0.3) is 0 Å². The molecule has 1 saturated heterocycles. The number of morpholine rings is 1. The van der Waals surface area contributed by atoms with Gasteiger partial charge in [0.25, 0.3) is 5.91 Å². The van der Waals surface area contributed by atoms with E-state index in [4.69, 9.17) is 14.0 Å². The van der Waals surface area contributed by atoms with Crippen LogP contribution in [-0.2, 0) is 9.47 Å². The molecule has 0 N–H and O–H groups in total. The van der Waals surface area contributed by atoms with Crippen LogP contribution in [0.15, 0.2) is 10.7 Å². The summed E-state index contributed by atoms with van der Waals surface area (Å²) < 4.78 is 16.6. The molecular weight excluding hydrogens is 260 g/mol. The molecule has 0 bridgehead atoms. The van der Waals surface area contributed by atoms with Gasteiger partial charge in [-0.2, -0.15) is 0 Å². The molecular formula is C14H20N2O4. The van der Waals surface area contributed by atoms with Gasteiger partial charge in [0.1, 0.15) is 17.4 Å². The SMILES string of the molecule is CCO[C@@H]1CC[C@H]2[C@H]1OCCN2C(=O)c1cnoc1C. The highest BCUT2D eigenvalue weighted by Crippen LogP contribution is 2.33. The van der Waals surface area contributed by atoms with Crippen molar-refractivity contribution in [2.24, 2.45) is 0 Å². The molecule has 3 atom stereocenters. The highest BCUT2D eigenvalue weighted by Gasteiger charge is 2.45. The number of rotatable bonds is 3. The summed E-state index contributed by atoms with van der Waals surface area (Å²) in [4.78, 5) is 14.5. The zero-order valence-corrected chi connectivity index (χ0v) is 11.9. The minimum absolute atomic E-state index is 0.00665. The van der Waals surface area contributed by atoms with Gasteiger partial charge in [0.2, 0.25) is 0 Å². The molecule has 1 aliphatic heterocycles. The van der Waals surface area contributed by atoms with E-state index in [0.717, 1.165) is 12.8 Å². The van der Waals surface area contributed by atoms with Crippen LogP contribution in [0.5, 0.6) is 0 Å². The normalized spacial score (nSPS) is 29.5. The van der Waals surface area contributed by atoms with Crippen molar-refractivity contribution >= 4 is 5.91 Å². The Labute approximate surface area is 118 Å². The summed E-state index contributed by atoms with van der Waals surface area (Å²) in [5, 5.41) is 3.69. The summed E-state index contributed by atoms with van der Waals surface area (Å²) in [7, 11) is 0. The molecule has 110 valence electrons. The van der Waals surface area contributed by atoms with E-state index in [1.165, 1.54) is 6.20 Å². The van der Waals surface area contributed by atoms with Gasteiger partial charge >= 0.3 is 0 Å². The van der Waals surface area contributed by atoms with Gasteiger partial charge in [-0.05, 0) is 26.7 Å². The van der Waals surface area contributed by atoms with E-state index in [-0.39, 0.29) is 24.2 Å². The van der Waals surface area contributed by atoms with Crippen molar-refractivity contribution in [1.29, 1.82) is 0 Å². The molecule has 0 spiro atoms. The van der Waals surface area contributed by atoms with Gasteiger partial charge in [0, 0.05) is 13.2 Å². The number of hydrogen-bond acceptors (Lipinski definition) is 5. The molecule has 2 heterocycles. The Morgan fingerprint density at radius 2 is 2.40 bits per heavy atom. The van der Waals surface area contributed by atoms with Crippen molar-refractivity contribution in [2.45, 2.75) is 44.9 Å². The average molecular weight is 280 g/mol. The maximum atomic E-state index is 12.6. The first kappa shape index (κ1) is 13.6. The Kier molecular flexibility index (Phi) is 3.76. The topological polar surface area (TPSA) is 64.8 Å². The van der Waals surface area contributed by atoms with Crippen LogP contribution in [0, 0.1) is 6.92 Å². The largest absolute Gasteiger partial charge is 0.376 e. The molecule has 0 unspecified atom stereocenters. The lowest BCUT2D eigenvalue weighted by Crippen LogP contribution is -2.53. The number of amides is 1. The molecule has 0 aromatic carbocycles. The quantitative estimate of drug-likeness (QED) is 0.837. The van der Waals surface area contributed by atoms with Crippen molar-refractivity contribution in [3.05, 3.63) is 17.5 Å². The summed E-state index contributed by atoms with van der Waals surface area (Å²) >= 11 is 0. The third-order valence-electron chi connectivity index (χ3n) is 4.16. The molecule has 3 rings (SSSR count). The summed E-state index contributed by atoms with van der Waals surface area (Å²) in [6.07, 6.45) is 3.45. The minimum Gasteiger partial charge on any atom is -0.376 e. The summed E-state index contributed by atoms with van der Waals surface area (Å²) in [6.45, 7) is 5.59. The van der Waals surface area contributed by atoms with E-state index < -0.39 is 0 Å². The third-order valence-corrected chi connectivity index (χ3v) is 4.16. The Balaban J connectivity index is 1.77. The van der Waals surface area contributed by atoms with Crippen molar-refractivity contribution in [3.8, 4) is 0 Å². The summed E-state index contributed by atoms with van der Waals surface area (Å²) in [6, 6.07) is 0.0992. The molecule has 6 nitrogen and oxygen atoms in total. The zero-order valence-electron chi connectivity index (χ0n) is 11.9. The molecule has 1 saturated carbocycles. The van der Waals surface area contributed by atoms with Gasteiger partial charge in [0.15, 0.2) is 0 Å². The summed E-state index contributed by atoms with van der Waals surface area (Å²) in [5.41, 5.74) is 0.547. The number of carbonyl (C=O) groups excluding carboxylic acids is 1. The first-order valence-electron chi connectivity index (χ1n) is 7.17. The molecule has 1 amide bonds. The number of ether oxygens (including phenoxy) is 2. The van der Waals surface area contributed by atoms with Crippen molar-refractivity contribution in [1.82, 2.24) is 10.1 Å². The number of carbonyl (C=O) groups is 1. The highest BCUT2D eigenvalue weighted by molar-refractivity contribution is 5.95. The molecule has 1 aromatic heterocycles. The smallest absolute Gasteiger partial charge is 0.259 e. The molecule has 2 fully saturated rings. The Hall–Kier alpha value is -1.40. The van der Waals surface area contributed by atoms with E-state index in [0.29, 0.717) is 31.1 Å². The second kappa shape index (κ2) is 5.54. The van der Waals surface area contributed by atoms with Crippen LogP contribution in [0.2, 0.25) is 0 Å². The standard InChI is InChI=1S/C14H20N2O4/c1-3-18-12-5-4-11-13(12)19-7-6-16(11)14(17)10-8-15-20-9(10)2/h8,11-13H,3-7H2,1-2H3/t11-,12+,13+/m0/s1. The second-order valence-electron chi connectivity index (χ2n) is 5.27. The Morgan fingerprint density at radius 1 is 1.55 bits per heavy atom. The fourth-order valence-electron chi connectivity index (χ4n) is 3.22. The second-order valence-corrected chi connectivity index (χ2v) is 5.27. The van der Waals surface area contributed by atoms with Gasteiger partial charge < -0.3 is 18.9 Å². The van der Waals surface area contributed by atoms with Crippen molar-refractivity contribution in [3.63, 3.8) is 0 Å². The molecule has 2 aliphatic rings. The van der Waals surface area contributed by atoms with Crippen LogP contribution in [0.1, 0.15) is 35.9 Å². The first-order chi connectivity index (χ1) is 9.72. The van der Waals surface area contributed by atoms with Crippen molar-refractivity contribution in [2.75, 3.05) is 19.8 Å². The lowest BCUT2D eigenvalue weighted by molar-refractivity contribution is -0.102. The minimum atomic E-state index is -0.0146. The number of fused-ring (bicyclic) bond motifs is 1. The lowest BCUT2D eigenvalue weighted by Gasteiger charge is -2.38. The van der Waals surface area contributed by atoms with E-state index in [1.807, 2.05) is 11.8 Å². The molecule has 20 heavy (non-hydrogen) atoms. The molecule has 6 heteroatoms. The fourth-order valence-corrected chi connectivity index (χ4v) is 3.22. The number of aryl methyl sites for hydroxylation is 1. The maximum absolute atomic E-state index is 12.6. The third kappa shape index (κ3) is 2.23. The van der Waals surface area contributed by atoms with E-state index >= 15 is 0 Å². The van der Waals surface area contributed by atoms with Crippen molar-refractivity contribution < 1.29 is 18.8 Å². The van der Waals surface area contributed by atoms with Gasteiger partial charge in [-0.1, -0.05) is 5.16 Å². The number of nitrogens with zero attached hydrogens (tertiary/aromatic N) is 2. The van der Waals surface area contributed by atoms with Gasteiger partial charge in [-0.25, -0.2) is 0 Å². The zero-order chi connectivity index (χ0) is 14.1. The Bertz CT molecular complexity index is 487. The van der Waals surface area contributed by atoms with Crippen LogP contribution >= 0.6 is 0 Å². The number of aromatic nitrogens is 1. The van der Waals surface area contributed by atoms with Crippen LogP contribution in [0.4, 0.5) is 0 Å². The molecule has 1 aromatic rings. The lowest BCUT2D eigenvalue weighted by atomic mass is 10.1. The van der Waals surface area contributed by atoms with Gasteiger partial charge in [-0.15, -0.1) is 0 Å². The monoisotopic (exact) mass is 280 g/mol. The van der Waals surface area contributed by atoms with Gasteiger partial charge in [-0.3, -0.25) is 4.79 Å².